The maximum absolute atomic E-state index is 2.45. The van der Waals surface area contributed by atoms with Crippen molar-refractivity contribution in [2.24, 2.45) is 0 Å². The third-order valence-corrected chi connectivity index (χ3v) is 12.2. The molecule has 0 saturated carbocycles. The average molecular weight is 674 g/mol. The summed E-state index contributed by atoms with van der Waals surface area (Å²) in [5, 5.41) is 7.83. The third kappa shape index (κ3) is 4.96. The molecule has 52 heavy (non-hydrogen) atoms. The van der Waals surface area contributed by atoms with Gasteiger partial charge in [-0.2, -0.15) is 4.58 Å². The highest BCUT2D eigenvalue weighted by Gasteiger charge is 2.48. The molecule has 2 heterocycles. The second-order valence-electron chi connectivity index (χ2n) is 15.4. The number of fused-ring (bicyclic) bond motifs is 7. The highest BCUT2D eigenvalue weighted by molar-refractivity contribution is 6.08. The SMILES string of the molecule is Cc1ccccc1CC1(C)/C(=C\C=C\C2=[N+](C)c3ccc4ccccc4c3C2(C)Cc2ccc3ccccc3c2)N(C)c2ccc3ccccc3c21. The second kappa shape index (κ2) is 12.2. The standard InChI is InChI=1S/C50H45N2/c1-34-15-6-7-20-40(34)33-50(3)46(52(5)44-30-28-38-18-11-13-22-42(38)48(44)50)24-14-23-45-49(2,32-35-25-26-36-16-8-9-19-39(36)31-35)47-41-21-12-10-17-37(41)27-29-43(47)51(45)4/h6-31H,32-33H2,1-5H3/q+1. The first-order valence-corrected chi connectivity index (χ1v) is 18.6. The molecule has 2 aliphatic rings. The summed E-state index contributed by atoms with van der Waals surface area (Å²) in [4.78, 5) is 2.43. The first-order valence-electron chi connectivity index (χ1n) is 18.6. The lowest BCUT2D eigenvalue weighted by Crippen LogP contribution is -2.33. The molecule has 0 bridgehead atoms. The Bertz CT molecular complexity index is 2660. The molecular formula is C50H45N2+. The summed E-state index contributed by atoms with van der Waals surface area (Å²) in [5.74, 6) is 0. The third-order valence-electron chi connectivity index (χ3n) is 12.2. The highest BCUT2D eigenvalue weighted by Crippen LogP contribution is 2.52. The Morgan fingerprint density at radius 2 is 1.23 bits per heavy atom. The number of aryl methyl sites for hydroxylation is 1. The largest absolute Gasteiger partial charge is 0.347 e. The lowest BCUT2D eigenvalue weighted by atomic mass is 9.72. The fraction of sp³-hybridized carbons (Fsp3) is 0.180. The van der Waals surface area contributed by atoms with Gasteiger partial charge in [0.2, 0.25) is 5.69 Å². The number of benzene rings is 7. The van der Waals surface area contributed by atoms with Crippen molar-refractivity contribution in [1.29, 1.82) is 0 Å². The maximum Gasteiger partial charge on any atom is 0.210 e. The van der Waals surface area contributed by atoms with Crippen molar-refractivity contribution in [1.82, 2.24) is 0 Å². The molecule has 0 spiro atoms. The van der Waals surface area contributed by atoms with Crippen LogP contribution in [0.15, 0.2) is 163 Å². The molecule has 2 nitrogen and oxygen atoms in total. The maximum atomic E-state index is 2.45. The van der Waals surface area contributed by atoms with Crippen molar-refractivity contribution in [3.05, 3.63) is 191 Å². The Balaban J connectivity index is 1.18. The molecule has 0 fully saturated rings. The zero-order chi connectivity index (χ0) is 35.6. The Morgan fingerprint density at radius 1 is 0.615 bits per heavy atom. The molecule has 254 valence electrons. The van der Waals surface area contributed by atoms with Gasteiger partial charge in [0.1, 0.15) is 7.05 Å². The molecule has 2 aliphatic heterocycles. The molecule has 7 aromatic rings. The number of rotatable bonds is 6. The fourth-order valence-electron chi connectivity index (χ4n) is 9.62. The lowest BCUT2D eigenvalue weighted by molar-refractivity contribution is -0.401. The molecule has 0 aliphatic carbocycles. The summed E-state index contributed by atoms with van der Waals surface area (Å²) in [6.07, 6.45) is 8.95. The van der Waals surface area contributed by atoms with Gasteiger partial charge in [-0.25, -0.2) is 0 Å². The van der Waals surface area contributed by atoms with Crippen molar-refractivity contribution >= 4 is 49.4 Å². The quantitative estimate of drug-likeness (QED) is 0.159. The normalized spacial score (nSPS) is 20.6. The molecule has 9 rings (SSSR count). The molecule has 2 atom stereocenters. The Kier molecular flexibility index (Phi) is 7.56. The molecule has 2 heteroatoms. The minimum atomic E-state index is -0.242. The van der Waals surface area contributed by atoms with E-state index in [4.69, 9.17) is 0 Å². The van der Waals surface area contributed by atoms with Crippen molar-refractivity contribution in [3.63, 3.8) is 0 Å². The van der Waals surface area contributed by atoms with Gasteiger partial charge in [0.25, 0.3) is 0 Å². The number of allylic oxidation sites excluding steroid dienone is 4. The lowest BCUT2D eigenvalue weighted by Gasteiger charge is -2.30. The molecule has 0 aromatic heterocycles. The van der Waals surface area contributed by atoms with Gasteiger partial charge in [-0.3, -0.25) is 0 Å². The van der Waals surface area contributed by atoms with Gasteiger partial charge in [-0.1, -0.05) is 127 Å². The van der Waals surface area contributed by atoms with Crippen molar-refractivity contribution in [3.8, 4) is 0 Å². The summed E-state index contributed by atoms with van der Waals surface area (Å²) in [6.45, 7) is 7.15. The Labute approximate surface area is 307 Å². The summed E-state index contributed by atoms with van der Waals surface area (Å²) in [7, 11) is 4.50. The number of hydrogen-bond donors (Lipinski definition) is 0. The van der Waals surface area contributed by atoms with Crippen LogP contribution in [0.5, 0.6) is 0 Å². The molecule has 7 aromatic carbocycles. The summed E-state index contributed by atoms with van der Waals surface area (Å²) < 4.78 is 2.44. The minimum absolute atomic E-state index is 0.221. The van der Waals surface area contributed by atoms with Crippen LogP contribution in [0.25, 0.3) is 32.3 Å². The Morgan fingerprint density at radius 3 is 1.98 bits per heavy atom. The summed E-state index contributed by atoms with van der Waals surface area (Å²) in [6, 6.07) is 51.5. The van der Waals surface area contributed by atoms with Crippen LogP contribution in [0.3, 0.4) is 0 Å². The molecular weight excluding hydrogens is 629 g/mol. The van der Waals surface area contributed by atoms with Crippen LogP contribution in [0.2, 0.25) is 0 Å². The first kappa shape index (κ1) is 32.2. The van der Waals surface area contributed by atoms with Gasteiger partial charge in [0.15, 0.2) is 5.71 Å². The monoisotopic (exact) mass is 673 g/mol. The van der Waals surface area contributed by atoms with E-state index in [0.717, 1.165) is 12.8 Å². The average Bonchev–Trinajstić information content (AvgIpc) is 3.51. The van der Waals surface area contributed by atoms with E-state index in [1.165, 1.54) is 82.9 Å². The predicted octanol–water partition coefficient (Wildman–Crippen LogP) is 11.8. The molecule has 2 unspecified atom stereocenters. The van der Waals surface area contributed by atoms with Crippen LogP contribution in [-0.2, 0) is 23.7 Å². The van der Waals surface area contributed by atoms with Crippen LogP contribution in [0, 0.1) is 6.92 Å². The van der Waals surface area contributed by atoms with E-state index in [2.05, 4.69) is 202 Å². The molecule has 0 amide bonds. The van der Waals surface area contributed by atoms with Crippen LogP contribution < -0.4 is 4.90 Å². The summed E-state index contributed by atoms with van der Waals surface area (Å²) in [5.41, 5.74) is 11.7. The molecule has 0 N–H and O–H groups in total. The van der Waals surface area contributed by atoms with Crippen LogP contribution in [0.1, 0.15) is 41.7 Å². The van der Waals surface area contributed by atoms with E-state index < -0.39 is 0 Å². The van der Waals surface area contributed by atoms with Crippen molar-refractivity contribution in [2.45, 2.75) is 44.4 Å². The predicted molar refractivity (Wildman–Crippen MR) is 222 cm³/mol. The van der Waals surface area contributed by atoms with Crippen LogP contribution in [-0.4, -0.2) is 24.4 Å². The topological polar surface area (TPSA) is 6.25 Å². The van der Waals surface area contributed by atoms with Gasteiger partial charge in [0, 0.05) is 41.6 Å². The van der Waals surface area contributed by atoms with E-state index in [0.29, 0.717) is 0 Å². The van der Waals surface area contributed by atoms with Crippen LogP contribution >= 0.6 is 0 Å². The number of hydrogen-bond acceptors (Lipinski definition) is 1. The van der Waals surface area contributed by atoms with Gasteiger partial charge in [-0.15, -0.1) is 0 Å². The van der Waals surface area contributed by atoms with Crippen molar-refractivity contribution < 1.29 is 4.58 Å². The van der Waals surface area contributed by atoms with E-state index in [1.807, 2.05) is 0 Å². The zero-order valence-electron chi connectivity index (χ0n) is 30.8. The van der Waals surface area contributed by atoms with Crippen molar-refractivity contribution in [2.75, 3.05) is 19.0 Å². The fourth-order valence-corrected chi connectivity index (χ4v) is 9.62. The van der Waals surface area contributed by atoms with Gasteiger partial charge in [0.05, 0.1) is 5.41 Å². The number of likely N-dealkylation sites (N-methyl/N-ethyl adjacent to an activating group) is 1. The Hall–Kier alpha value is -5.73. The van der Waals surface area contributed by atoms with Gasteiger partial charge in [-0.05, 0) is 106 Å². The zero-order valence-corrected chi connectivity index (χ0v) is 30.8. The van der Waals surface area contributed by atoms with Gasteiger partial charge < -0.3 is 4.90 Å². The molecule has 0 radical (unpaired) electrons. The highest BCUT2D eigenvalue weighted by atomic mass is 15.2. The minimum Gasteiger partial charge on any atom is -0.347 e. The van der Waals surface area contributed by atoms with E-state index >= 15 is 0 Å². The van der Waals surface area contributed by atoms with E-state index in [9.17, 15) is 0 Å². The van der Waals surface area contributed by atoms with E-state index in [-0.39, 0.29) is 10.8 Å². The van der Waals surface area contributed by atoms with Gasteiger partial charge >= 0.3 is 0 Å². The smallest absolute Gasteiger partial charge is 0.210 e. The van der Waals surface area contributed by atoms with Crippen LogP contribution in [0.4, 0.5) is 11.4 Å². The van der Waals surface area contributed by atoms with E-state index in [1.54, 1.807) is 0 Å². The first-order chi connectivity index (χ1) is 25.3. The number of nitrogens with zero attached hydrogens (tertiary/aromatic N) is 2. The summed E-state index contributed by atoms with van der Waals surface area (Å²) >= 11 is 0. The molecule has 0 saturated heterocycles. The number of anilines is 1. The second-order valence-corrected chi connectivity index (χ2v) is 15.4.